The van der Waals surface area contributed by atoms with Gasteiger partial charge in [0.25, 0.3) is 0 Å². The van der Waals surface area contributed by atoms with Crippen LogP contribution < -0.4 is 4.74 Å². The van der Waals surface area contributed by atoms with E-state index in [1.54, 1.807) is 17.0 Å². The molecule has 30 heavy (non-hydrogen) atoms. The lowest BCUT2D eigenvalue weighted by atomic mass is 9.69. The summed E-state index contributed by atoms with van der Waals surface area (Å²) in [6.07, 6.45) is 1.79. The van der Waals surface area contributed by atoms with Crippen molar-refractivity contribution in [3.8, 4) is 5.75 Å². The van der Waals surface area contributed by atoms with Crippen molar-refractivity contribution in [1.82, 2.24) is 9.21 Å². The minimum atomic E-state index is -3.88. The molecule has 9 heteroatoms. The Hall–Kier alpha value is -2.52. The predicted octanol–water partition coefficient (Wildman–Crippen LogP) is 2.96. The topological polar surface area (TPSA) is 66.9 Å². The lowest BCUT2D eigenvalue weighted by Crippen LogP contribution is -2.60. The van der Waals surface area contributed by atoms with Crippen LogP contribution in [0.1, 0.15) is 24.4 Å². The number of ether oxygens (including phenoxy) is 1. The summed E-state index contributed by atoms with van der Waals surface area (Å²) >= 11 is 0. The molecule has 2 aromatic rings. The number of halogens is 2. The number of likely N-dealkylation sites (tertiary alicyclic amines) is 1. The van der Waals surface area contributed by atoms with Gasteiger partial charge >= 0.3 is 0 Å². The van der Waals surface area contributed by atoms with Crippen LogP contribution in [0.4, 0.5) is 8.78 Å². The average Bonchev–Trinajstić information content (AvgIpc) is 2.73. The number of amides is 1. The summed E-state index contributed by atoms with van der Waals surface area (Å²) in [5.41, 5.74) is 0.178. The highest BCUT2D eigenvalue weighted by Crippen LogP contribution is 2.48. The largest absolute Gasteiger partial charge is 0.497 e. The highest BCUT2D eigenvalue weighted by atomic mass is 32.2. The first-order valence-corrected chi connectivity index (χ1v) is 11.0. The maximum absolute atomic E-state index is 14.0. The molecule has 4 rings (SSSR count). The standard InChI is InChI=1S/C21H22F2N2O4S/c1-29-16-3-5-17(6-4-16)30(27,28)25-9-8-21(12-24(13-21)14-26)11-20(25)15-2-7-18(22)19(23)10-15/h2-7,10,14,20H,8-9,11-13H2,1H3. The lowest BCUT2D eigenvalue weighted by molar-refractivity contribution is -0.133. The van der Waals surface area contributed by atoms with Gasteiger partial charge in [0.05, 0.1) is 18.0 Å². The Morgan fingerprint density at radius 2 is 1.80 bits per heavy atom. The Labute approximate surface area is 174 Å². The van der Waals surface area contributed by atoms with Crippen molar-refractivity contribution in [2.45, 2.75) is 23.8 Å². The van der Waals surface area contributed by atoms with E-state index in [1.807, 2.05) is 0 Å². The van der Waals surface area contributed by atoms with Gasteiger partial charge in [-0.15, -0.1) is 0 Å². The van der Waals surface area contributed by atoms with E-state index >= 15 is 0 Å². The summed E-state index contributed by atoms with van der Waals surface area (Å²) in [5.74, 6) is -1.46. The molecule has 2 aromatic carbocycles. The average molecular weight is 436 g/mol. The van der Waals surface area contributed by atoms with Crippen molar-refractivity contribution in [2.75, 3.05) is 26.7 Å². The van der Waals surface area contributed by atoms with Crippen LogP contribution in [0.15, 0.2) is 47.4 Å². The summed E-state index contributed by atoms with van der Waals surface area (Å²) in [6, 6.07) is 8.92. The van der Waals surface area contributed by atoms with Crippen molar-refractivity contribution in [3.63, 3.8) is 0 Å². The molecule has 1 atom stereocenters. The van der Waals surface area contributed by atoms with E-state index in [0.29, 0.717) is 37.2 Å². The van der Waals surface area contributed by atoms with Crippen LogP contribution in [0, 0.1) is 17.0 Å². The molecular formula is C21H22F2N2O4S. The maximum Gasteiger partial charge on any atom is 0.243 e. The summed E-state index contributed by atoms with van der Waals surface area (Å²) < 4.78 is 60.7. The van der Waals surface area contributed by atoms with E-state index in [-0.39, 0.29) is 16.9 Å². The number of hydrogen-bond donors (Lipinski definition) is 0. The molecule has 0 saturated carbocycles. The van der Waals surface area contributed by atoms with Gasteiger partial charge in [0.15, 0.2) is 11.6 Å². The number of nitrogens with zero attached hydrogens (tertiary/aromatic N) is 2. The molecule has 0 N–H and O–H groups in total. The fraction of sp³-hybridized carbons (Fsp3) is 0.381. The number of carbonyl (C=O) groups excluding carboxylic acids is 1. The first-order chi connectivity index (χ1) is 14.3. The Morgan fingerprint density at radius 3 is 2.40 bits per heavy atom. The normalized spacial score (nSPS) is 21.3. The first kappa shape index (κ1) is 20.7. The monoisotopic (exact) mass is 436 g/mol. The smallest absolute Gasteiger partial charge is 0.243 e. The summed E-state index contributed by atoms with van der Waals surface area (Å²) in [7, 11) is -2.39. The second-order valence-corrected chi connectivity index (χ2v) is 9.84. The van der Waals surface area contributed by atoms with Gasteiger partial charge < -0.3 is 9.64 Å². The minimum Gasteiger partial charge on any atom is -0.497 e. The number of piperidine rings is 1. The molecule has 0 aromatic heterocycles. The highest BCUT2D eigenvalue weighted by molar-refractivity contribution is 7.89. The van der Waals surface area contributed by atoms with Crippen LogP contribution in [0.3, 0.4) is 0 Å². The van der Waals surface area contributed by atoms with Crippen LogP contribution in [0.5, 0.6) is 5.75 Å². The Kier molecular flexibility index (Phi) is 5.27. The lowest BCUT2D eigenvalue weighted by Gasteiger charge is -2.54. The zero-order valence-electron chi connectivity index (χ0n) is 16.4. The molecule has 0 radical (unpaired) electrons. The third-order valence-electron chi connectivity index (χ3n) is 6.06. The second kappa shape index (κ2) is 7.63. The van der Waals surface area contributed by atoms with Crippen LogP contribution in [0.25, 0.3) is 0 Å². The zero-order valence-corrected chi connectivity index (χ0v) is 17.2. The van der Waals surface area contributed by atoms with Crippen LogP contribution in [-0.4, -0.2) is 50.8 Å². The molecule has 1 spiro atoms. The molecule has 2 aliphatic rings. The van der Waals surface area contributed by atoms with Crippen molar-refractivity contribution >= 4 is 16.4 Å². The van der Waals surface area contributed by atoms with E-state index in [4.69, 9.17) is 4.74 Å². The molecule has 2 saturated heterocycles. The molecular weight excluding hydrogens is 414 g/mol. The molecule has 2 fully saturated rings. The van der Waals surface area contributed by atoms with Gasteiger partial charge in [-0.1, -0.05) is 6.07 Å². The second-order valence-electron chi connectivity index (χ2n) is 7.95. The molecule has 1 unspecified atom stereocenters. The van der Waals surface area contributed by atoms with Crippen molar-refractivity contribution in [1.29, 1.82) is 0 Å². The van der Waals surface area contributed by atoms with Crippen molar-refractivity contribution < 1.29 is 26.7 Å². The van der Waals surface area contributed by atoms with Crippen LogP contribution >= 0.6 is 0 Å². The van der Waals surface area contributed by atoms with Gasteiger partial charge in [0.2, 0.25) is 16.4 Å². The van der Waals surface area contributed by atoms with Gasteiger partial charge in [-0.2, -0.15) is 4.31 Å². The van der Waals surface area contributed by atoms with Gasteiger partial charge in [-0.25, -0.2) is 17.2 Å². The zero-order chi connectivity index (χ0) is 21.5. The van der Waals surface area contributed by atoms with E-state index in [9.17, 15) is 22.0 Å². The van der Waals surface area contributed by atoms with Gasteiger partial charge in [0, 0.05) is 25.0 Å². The molecule has 2 heterocycles. The third kappa shape index (κ3) is 3.56. The Morgan fingerprint density at radius 1 is 1.10 bits per heavy atom. The van der Waals surface area contributed by atoms with Crippen molar-refractivity contribution in [3.05, 3.63) is 59.7 Å². The number of hydrogen-bond acceptors (Lipinski definition) is 4. The van der Waals surface area contributed by atoms with Crippen LogP contribution in [0.2, 0.25) is 0 Å². The highest BCUT2D eigenvalue weighted by Gasteiger charge is 2.50. The SMILES string of the molecule is COc1ccc(S(=O)(=O)N2CCC3(CC2c2ccc(F)c(F)c2)CN(C=O)C3)cc1. The van der Waals surface area contributed by atoms with E-state index in [0.717, 1.165) is 18.5 Å². The fourth-order valence-electron chi connectivity index (χ4n) is 4.47. The van der Waals surface area contributed by atoms with Gasteiger partial charge in [-0.05, 0) is 54.8 Å². The maximum atomic E-state index is 14.0. The number of benzene rings is 2. The van der Waals surface area contributed by atoms with E-state index in [2.05, 4.69) is 0 Å². The summed E-state index contributed by atoms with van der Waals surface area (Å²) in [4.78, 5) is 12.8. The number of carbonyl (C=O) groups is 1. The molecule has 6 nitrogen and oxygen atoms in total. The Bertz CT molecular complexity index is 1050. The molecule has 2 aliphatic heterocycles. The molecule has 160 valence electrons. The number of rotatable bonds is 5. The minimum absolute atomic E-state index is 0.106. The van der Waals surface area contributed by atoms with Crippen molar-refractivity contribution in [2.24, 2.45) is 5.41 Å². The van der Waals surface area contributed by atoms with Crippen LogP contribution in [-0.2, 0) is 14.8 Å². The third-order valence-corrected chi connectivity index (χ3v) is 7.98. The number of sulfonamides is 1. The fourth-order valence-corrected chi connectivity index (χ4v) is 6.08. The quantitative estimate of drug-likeness (QED) is 0.676. The van der Waals surface area contributed by atoms with Gasteiger partial charge in [-0.3, -0.25) is 4.79 Å². The first-order valence-electron chi connectivity index (χ1n) is 9.58. The Balaban J connectivity index is 1.71. The van der Waals surface area contributed by atoms with E-state index < -0.39 is 27.7 Å². The summed E-state index contributed by atoms with van der Waals surface area (Å²) in [6.45, 7) is 1.30. The summed E-state index contributed by atoms with van der Waals surface area (Å²) in [5, 5.41) is 0. The predicted molar refractivity (Wildman–Crippen MR) is 105 cm³/mol. The van der Waals surface area contributed by atoms with E-state index in [1.165, 1.54) is 29.6 Å². The molecule has 1 amide bonds. The van der Waals surface area contributed by atoms with Gasteiger partial charge in [0.1, 0.15) is 5.75 Å². The molecule has 0 aliphatic carbocycles. The number of methoxy groups -OCH3 is 1. The molecule has 0 bridgehead atoms.